The minimum atomic E-state index is -0.633. The number of rotatable bonds is 4. The van der Waals surface area contributed by atoms with Crippen molar-refractivity contribution in [3.63, 3.8) is 0 Å². The van der Waals surface area contributed by atoms with E-state index in [4.69, 9.17) is 9.15 Å². The van der Waals surface area contributed by atoms with Gasteiger partial charge in [-0.1, -0.05) is 164 Å². The van der Waals surface area contributed by atoms with Gasteiger partial charge in [-0.15, -0.1) is 0 Å². The monoisotopic (exact) mass is 715 g/mol. The molecule has 1 aliphatic heterocycles. The van der Waals surface area contributed by atoms with E-state index in [-0.39, 0.29) is 0 Å². The summed E-state index contributed by atoms with van der Waals surface area (Å²) in [5, 5.41) is 4.61. The van der Waals surface area contributed by atoms with Crippen LogP contribution in [0.4, 0.5) is 17.1 Å². The molecule has 0 amide bonds. The van der Waals surface area contributed by atoms with Crippen LogP contribution in [-0.4, -0.2) is 0 Å². The molecule has 2 aliphatic rings. The van der Waals surface area contributed by atoms with Crippen molar-refractivity contribution in [1.82, 2.24) is 0 Å². The van der Waals surface area contributed by atoms with Crippen LogP contribution < -0.4 is 9.64 Å². The molecule has 0 N–H and O–H groups in total. The molecule has 0 radical (unpaired) electrons. The molecule has 0 saturated heterocycles. The maximum absolute atomic E-state index is 6.86. The van der Waals surface area contributed by atoms with Gasteiger partial charge >= 0.3 is 0 Å². The van der Waals surface area contributed by atoms with Gasteiger partial charge in [0.1, 0.15) is 17.1 Å². The van der Waals surface area contributed by atoms with Crippen molar-refractivity contribution in [2.24, 2.45) is 0 Å². The summed E-state index contributed by atoms with van der Waals surface area (Å²) in [4.78, 5) is 2.45. The van der Waals surface area contributed by atoms with E-state index < -0.39 is 5.41 Å². The number of nitrogens with zero attached hydrogens (tertiary/aromatic N) is 1. The maximum atomic E-state index is 6.86. The molecule has 0 unspecified atom stereocenters. The smallest absolute Gasteiger partial charge is 0.159 e. The van der Waals surface area contributed by atoms with Crippen molar-refractivity contribution in [2.75, 3.05) is 4.90 Å². The Hall–Kier alpha value is -7.36. The lowest BCUT2D eigenvalue weighted by Gasteiger charge is -2.39. The zero-order valence-corrected chi connectivity index (χ0v) is 30.3. The third-order valence-electron chi connectivity index (χ3n) is 11.9. The Balaban J connectivity index is 1.26. The van der Waals surface area contributed by atoms with Crippen LogP contribution in [0.15, 0.2) is 205 Å². The molecule has 3 nitrogen and oxygen atoms in total. The lowest BCUT2D eigenvalue weighted by atomic mass is 9.66. The first kappa shape index (κ1) is 31.0. The molecule has 0 saturated carbocycles. The molecule has 12 rings (SSSR count). The summed E-state index contributed by atoms with van der Waals surface area (Å²) in [7, 11) is 0. The molecule has 3 heteroatoms. The van der Waals surface area contributed by atoms with Crippen molar-refractivity contribution in [1.29, 1.82) is 0 Å². The Morgan fingerprint density at radius 1 is 0.375 bits per heavy atom. The minimum absolute atomic E-state index is 0.633. The van der Waals surface area contributed by atoms with Crippen LogP contribution in [0, 0.1) is 0 Å². The number of hydrogen-bond acceptors (Lipinski definition) is 3. The second-order valence-electron chi connectivity index (χ2n) is 14.7. The SMILES string of the molecule is c1ccc(-c2ccccc2N(c2cccc3c2-c2c(ccc4ccccc24)C32c3ccccc3Oc3ccccc32)c2cccc3c2oc2ccccc23)cc1. The first-order valence-corrected chi connectivity index (χ1v) is 19.2. The lowest BCUT2D eigenvalue weighted by Crippen LogP contribution is -2.32. The van der Waals surface area contributed by atoms with Gasteiger partial charge in [-0.25, -0.2) is 0 Å². The molecule has 0 fully saturated rings. The molecule has 1 spiro atoms. The molecule has 1 aliphatic carbocycles. The molecule has 0 atom stereocenters. The minimum Gasteiger partial charge on any atom is -0.457 e. The molecule has 56 heavy (non-hydrogen) atoms. The van der Waals surface area contributed by atoms with Gasteiger partial charge in [0.15, 0.2) is 5.58 Å². The van der Waals surface area contributed by atoms with E-state index in [0.29, 0.717) is 0 Å². The fourth-order valence-electron chi connectivity index (χ4n) is 9.70. The summed E-state index contributed by atoms with van der Waals surface area (Å²) < 4.78 is 13.6. The second kappa shape index (κ2) is 11.8. The van der Waals surface area contributed by atoms with Gasteiger partial charge in [0.05, 0.1) is 22.5 Å². The topological polar surface area (TPSA) is 25.6 Å². The number of hydrogen-bond donors (Lipinski definition) is 0. The molecule has 2 heterocycles. The largest absolute Gasteiger partial charge is 0.457 e. The summed E-state index contributed by atoms with van der Waals surface area (Å²) in [5.41, 5.74) is 13.7. The average molecular weight is 716 g/mol. The van der Waals surface area contributed by atoms with Gasteiger partial charge in [0, 0.05) is 33.0 Å². The van der Waals surface area contributed by atoms with Crippen molar-refractivity contribution in [2.45, 2.75) is 5.41 Å². The molecular formula is C53H33NO2. The van der Waals surface area contributed by atoms with Gasteiger partial charge in [-0.05, 0) is 69.4 Å². The number of fused-ring (bicyclic) bond motifs is 14. The molecule has 10 aromatic rings. The van der Waals surface area contributed by atoms with E-state index in [1.165, 1.54) is 33.0 Å². The van der Waals surface area contributed by atoms with Crippen LogP contribution in [-0.2, 0) is 5.41 Å². The Morgan fingerprint density at radius 3 is 1.80 bits per heavy atom. The Labute approximate surface area is 324 Å². The van der Waals surface area contributed by atoms with Gasteiger partial charge in [-0.3, -0.25) is 0 Å². The quantitative estimate of drug-likeness (QED) is 0.181. The van der Waals surface area contributed by atoms with Crippen molar-refractivity contribution >= 4 is 49.8 Å². The second-order valence-corrected chi connectivity index (χ2v) is 14.7. The highest BCUT2D eigenvalue weighted by molar-refractivity contribution is 6.14. The third-order valence-corrected chi connectivity index (χ3v) is 11.9. The summed E-state index contributed by atoms with van der Waals surface area (Å²) in [6, 6.07) is 71.9. The highest BCUT2D eigenvalue weighted by atomic mass is 16.5. The third kappa shape index (κ3) is 4.17. The van der Waals surface area contributed by atoms with E-state index in [9.17, 15) is 0 Å². The number of furan rings is 1. The van der Waals surface area contributed by atoms with Crippen LogP contribution in [0.2, 0.25) is 0 Å². The Bertz CT molecular complexity index is 3150. The summed E-state index contributed by atoms with van der Waals surface area (Å²) >= 11 is 0. The lowest BCUT2D eigenvalue weighted by molar-refractivity contribution is 0.436. The van der Waals surface area contributed by atoms with E-state index in [1.807, 2.05) is 6.07 Å². The van der Waals surface area contributed by atoms with Crippen LogP contribution in [0.5, 0.6) is 11.5 Å². The van der Waals surface area contributed by atoms with Gasteiger partial charge in [0.2, 0.25) is 0 Å². The zero-order chi connectivity index (χ0) is 36.8. The Morgan fingerprint density at radius 2 is 0.964 bits per heavy atom. The number of ether oxygens (including phenoxy) is 1. The maximum Gasteiger partial charge on any atom is 0.159 e. The van der Waals surface area contributed by atoms with E-state index >= 15 is 0 Å². The first-order valence-electron chi connectivity index (χ1n) is 19.2. The molecule has 262 valence electrons. The zero-order valence-electron chi connectivity index (χ0n) is 30.3. The Kier molecular flexibility index (Phi) is 6.55. The fraction of sp³-hybridized carbons (Fsp3) is 0.0189. The van der Waals surface area contributed by atoms with Crippen LogP contribution in [0.1, 0.15) is 22.3 Å². The molecular weight excluding hydrogens is 683 g/mol. The summed E-state index contributed by atoms with van der Waals surface area (Å²) in [5.74, 6) is 1.75. The highest BCUT2D eigenvalue weighted by Crippen LogP contribution is 2.65. The van der Waals surface area contributed by atoms with Crippen molar-refractivity contribution in [3.8, 4) is 33.8 Å². The highest BCUT2D eigenvalue weighted by Gasteiger charge is 2.52. The van der Waals surface area contributed by atoms with E-state index in [2.05, 4.69) is 199 Å². The van der Waals surface area contributed by atoms with Gasteiger partial charge in [-0.2, -0.15) is 0 Å². The fourth-order valence-corrected chi connectivity index (χ4v) is 9.70. The van der Waals surface area contributed by atoms with Gasteiger partial charge in [0.25, 0.3) is 0 Å². The van der Waals surface area contributed by atoms with Crippen molar-refractivity contribution < 1.29 is 9.15 Å². The first-order chi connectivity index (χ1) is 27.8. The number of para-hydroxylation sites is 5. The molecule has 1 aromatic heterocycles. The van der Waals surface area contributed by atoms with E-state index in [0.717, 1.165) is 72.8 Å². The number of benzene rings is 9. The van der Waals surface area contributed by atoms with Gasteiger partial charge < -0.3 is 14.1 Å². The van der Waals surface area contributed by atoms with Crippen LogP contribution >= 0.6 is 0 Å². The summed E-state index contributed by atoms with van der Waals surface area (Å²) in [6.07, 6.45) is 0. The van der Waals surface area contributed by atoms with E-state index in [1.54, 1.807) is 0 Å². The average Bonchev–Trinajstić information content (AvgIpc) is 3.80. The van der Waals surface area contributed by atoms with Crippen molar-refractivity contribution in [3.05, 3.63) is 222 Å². The van der Waals surface area contributed by atoms with Crippen LogP contribution in [0.3, 0.4) is 0 Å². The molecule has 0 bridgehead atoms. The predicted molar refractivity (Wildman–Crippen MR) is 229 cm³/mol. The summed E-state index contributed by atoms with van der Waals surface area (Å²) in [6.45, 7) is 0. The predicted octanol–water partition coefficient (Wildman–Crippen LogP) is 14.3. The normalized spacial score (nSPS) is 13.3. The molecule has 9 aromatic carbocycles. The standard InChI is InChI=1S/C53H33NO2/c1-2-16-34(17-3-1)36-19-6-10-26-44(36)54(46-28-14-22-39-38-21-7-11-29-47(38)56-52(39)46)45-27-15-25-42-51(45)50-37-20-5-4-18-35(37)32-33-43(50)53(42)40-23-8-12-30-48(40)55-49-31-13-9-24-41(49)53/h1-33H. The van der Waals surface area contributed by atoms with Crippen LogP contribution in [0.25, 0.3) is 55.0 Å². The number of anilines is 3.